The number of rotatable bonds is 4. The molecule has 33 heavy (non-hydrogen) atoms. The van der Waals surface area contributed by atoms with Crippen LogP contribution in [0.4, 0.5) is 5.82 Å². The zero-order chi connectivity index (χ0) is 22.7. The molecule has 0 aliphatic heterocycles. The smallest absolute Gasteiger partial charge is 0.234 e. The molecule has 1 amide bonds. The van der Waals surface area contributed by atoms with E-state index in [1.54, 1.807) is 29.3 Å². The average molecular weight is 446 g/mol. The van der Waals surface area contributed by atoms with E-state index >= 15 is 0 Å². The Kier molecular flexibility index (Phi) is 4.17. The molecule has 3 atom stereocenters. The van der Waals surface area contributed by atoms with Crippen LogP contribution in [0.25, 0.3) is 11.2 Å². The number of fused-ring (bicyclic) bond motifs is 2. The zero-order valence-corrected chi connectivity index (χ0v) is 17.9. The van der Waals surface area contributed by atoms with Gasteiger partial charge in [0.25, 0.3) is 0 Å². The molecule has 2 saturated carbocycles. The summed E-state index contributed by atoms with van der Waals surface area (Å²) in [6.45, 7) is 0. The second-order valence-corrected chi connectivity index (χ2v) is 8.76. The second-order valence-electron chi connectivity index (χ2n) is 8.76. The number of furan rings is 1. The van der Waals surface area contributed by atoms with E-state index in [0.29, 0.717) is 35.2 Å². The van der Waals surface area contributed by atoms with Crippen molar-refractivity contribution in [3.8, 4) is 11.8 Å². The molecule has 3 aromatic heterocycles. The number of hydrogen-bond donors (Lipinski definition) is 4. The minimum absolute atomic E-state index is 0.232. The number of aromatic nitrogens is 4. The van der Waals surface area contributed by atoms with Crippen molar-refractivity contribution < 1.29 is 19.4 Å². The van der Waals surface area contributed by atoms with Crippen molar-refractivity contribution >= 4 is 22.9 Å². The van der Waals surface area contributed by atoms with Crippen LogP contribution >= 0.6 is 0 Å². The molecular weight excluding hydrogens is 424 g/mol. The number of nitrogens with zero attached hydrogens (tertiary/aromatic N) is 4. The molecular formula is C23H22N6O4. The van der Waals surface area contributed by atoms with Gasteiger partial charge in [0.1, 0.15) is 17.2 Å². The summed E-state index contributed by atoms with van der Waals surface area (Å²) >= 11 is 0. The first-order valence-corrected chi connectivity index (χ1v) is 10.9. The molecule has 10 nitrogen and oxygen atoms in total. The van der Waals surface area contributed by atoms with Gasteiger partial charge in [-0.3, -0.25) is 4.79 Å². The van der Waals surface area contributed by atoms with Gasteiger partial charge in [0, 0.05) is 19.0 Å². The lowest BCUT2D eigenvalue weighted by Crippen LogP contribution is -2.30. The molecule has 0 saturated heterocycles. The highest BCUT2D eigenvalue weighted by molar-refractivity contribution is 5.90. The van der Waals surface area contributed by atoms with Crippen molar-refractivity contribution in [2.75, 3.05) is 12.4 Å². The number of aliphatic hydroxyl groups is 2. The molecule has 6 rings (SSSR count). The van der Waals surface area contributed by atoms with Crippen LogP contribution in [0.15, 0.2) is 40.7 Å². The SMILES string of the molecule is CNC(=O)C12CC1[C@@H](n1cnc3c(NC4CCC4)nc(C#Cc4ccco4)nc31)C(O)=C2O. The average Bonchev–Trinajstić information content (AvgIpc) is 3.07. The van der Waals surface area contributed by atoms with Gasteiger partial charge in [-0.1, -0.05) is 0 Å². The van der Waals surface area contributed by atoms with E-state index in [0.717, 1.165) is 19.3 Å². The highest BCUT2D eigenvalue weighted by Gasteiger charge is 2.72. The van der Waals surface area contributed by atoms with Gasteiger partial charge in [-0.25, -0.2) is 15.0 Å². The van der Waals surface area contributed by atoms with Gasteiger partial charge in [0.15, 0.2) is 28.5 Å². The number of amides is 1. The largest absolute Gasteiger partial charge is 0.508 e. The van der Waals surface area contributed by atoms with Crippen LogP contribution in [-0.2, 0) is 4.79 Å². The summed E-state index contributed by atoms with van der Waals surface area (Å²) in [5.41, 5.74) is -0.0717. The maximum atomic E-state index is 12.5. The number of allylic oxidation sites excluding steroid dienone is 1. The molecule has 0 aromatic carbocycles. The van der Waals surface area contributed by atoms with Crippen LogP contribution in [-0.4, -0.2) is 48.7 Å². The van der Waals surface area contributed by atoms with Crippen LogP contribution in [0, 0.1) is 23.2 Å². The van der Waals surface area contributed by atoms with Gasteiger partial charge in [-0.15, -0.1) is 0 Å². The Morgan fingerprint density at radius 2 is 2.15 bits per heavy atom. The highest BCUT2D eigenvalue weighted by Crippen LogP contribution is 2.69. The number of imidazole rings is 1. The first-order valence-electron chi connectivity index (χ1n) is 10.9. The van der Waals surface area contributed by atoms with Crippen molar-refractivity contribution in [2.45, 2.75) is 37.8 Å². The number of nitrogens with one attached hydrogen (secondary N) is 2. The van der Waals surface area contributed by atoms with Crippen LogP contribution in [0.1, 0.15) is 43.3 Å². The summed E-state index contributed by atoms with van der Waals surface area (Å²) in [5, 5.41) is 27.4. The molecule has 3 heterocycles. The monoisotopic (exact) mass is 446 g/mol. The Morgan fingerprint density at radius 3 is 2.85 bits per heavy atom. The molecule has 0 bridgehead atoms. The molecule has 4 N–H and O–H groups in total. The quantitative estimate of drug-likeness (QED) is 0.448. The summed E-state index contributed by atoms with van der Waals surface area (Å²) in [7, 11) is 1.52. The van der Waals surface area contributed by atoms with Crippen molar-refractivity contribution in [1.82, 2.24) is 24.8 Å². The number of carbonyl (C=O) groups excluding carboxylic acids is 1. The van der Waals surface area contributed by atoms with Gasteiger partial charge in [0.2, 0.25) is 11.7 Å². The summed E-state index contributed by atoms with van der Waals surface area (Å²) in [4.78, 5) is 26.2. The summed E-state index contributed by atoms with van der Waals surface area (Å²) < 4.78 is 6.98. The molecule has 0 radical (unpaired) electrons. The Labute approximate surface area is 188 Å². The lowest BCUT2D eigenvalue weighted by Gasteiger charge is -2.27. The first-order chi connectivity index (χ1) is 16.0. The maximum absolute atomic E-state index is 12.5. The maximum Gasteiger partial charge on any atom is 0.234 e. The van der Waals surface area contributed by atoms with Gasteiger partial charge in [0.05, 0.1) is 12.6 Å². The van der Waals surface area contributed by atoms with Crippen LogP contribution in [0.5, 0.6) is 0 Å². The molecule has 3 aromatic rings. The van der Waals surface area contributed by atoms with Crippen LogP contribution in [0.3, 0.4) is 0 Å². The van der Waals surface area contributed by atoms with E-state index in [4.69, 9.17) is 4.42 Å². The number of hydrogen-bond acceptors (Lipinski definition) is 8. The Balaban J connectivity index is 1.45. The van der Waals surface area contributed by atoms with E-state index < -0.39 is 11.5 Å². The summed E-state index contributed by atoms with van der Waals surface area (Å²) in [6.07, 6.45) is 6.82. The third kappa shape index (κ3) is 2.81. The van der Waals surface area contributed by atoms with Crippen molar-refractivity contribution in [1.29, 1.82) is 0 Å². The topological polar surface area (TPSA) is 138 Å². The number of anilines is 1. The molecule has 3 aliphatic rings. The van der Waals surface area contributed by atoms with E-state index in [-0.39, 0.29) is 29.2 Å². The van der Waals surface area contributed by atoms with E-state index in [9.17, 15) is 15.0 Å². The summed E-state index contributed by atoms with van der Waals surface area (Å²) in [5.74, 6) is 6.09. The Morgan fingerprint density at radius 1 is 1.30 bits per heavy atom. The molecule has 10 heteroatoms. The minimum Gasteiger partial charge on any atom is -0.508 e. The van der Waals surface area contributed by atoms with E-state index in [1.165, 1.54) is 7.05 Å². The van der Waals surface area contributed by atoms with Crippen molar-refractivity contribution in [3.05, 3.63) is 47.8 Å². The lowest BCUT2D eigenvalue weighted by molar-refractivity contribution is -0.125. The fraction of sp³-hybridized carbons (Fsp3) is 0.391. The van der Waals surface area contributed by atoms with Crippen LogP contribution in [0.2, 0.25) is 0 Å². The van der Waals surface area contributed by atoms with Gasteiger partial charge >= 0.3 is 0 Å². The lowest BCUT2D eigenvalue weighted by atomic mass is 9.93. The second kappa shape index (κ2) is 7.00. The third-order valence-electron chi connectivity index (χ3n) is 6.96. The van der Waals surface area contributed by atoms with Gasteiger partial charge in [-0.2, -0.15) is 0 Å². The predicted molar refractivity (Wildman–Crippen MR) is 117 cm³/mol. The molecule has 0 spiro atoms. The first kappa shape index (κ1) is 19.7. The fourth-order valence-corrected chi connectivity index (χ4v) is 4.91. The van der Waals surface area contributed by atoms with Gasteiger partial charge in [-0.05, 0) is 49.7 Å². The normalized spacial score (nSPS) is 25.8. The molecule has 3 aliphatic carbocycles. The standard InChI is InChI=1S/C23H22N6O4/c1-24-22(32)23-10-14(23)17(18(30)19(23)31)29-11-25-16-20(26-12-4-2-5-12)27-15(28-21(16)29)8-7-13-6-3-9-33-13/h3,6,9,11-12,14,17,30-31H,2,4-5,10H2,1H3,(H,24,32)(H,26,27,28)/t14?,17-,23?/m1/s1. The van der Waals surface area contributed by atoms with E-state index in [2.05, 4.69) is 37.4 Å². The molecule has 2 fully saturated rings. The minimum atomic E-state index is -1.10. The predicted octanol–water partition coefficient (Wildman–Crippen LogP) is 2.42. The highest BCUT2D eigenvalue weighted by atomic mass is 16.3. The Bertz CT molecular complexity index is 1360. The zero-order valence-electron chi connectivity index (χ0n) is 17.9. The van der Waals surface area contributed by atoms with Crippen LogP contribution < -0.4 is 10.6 Å². The molecule has 168 valence electrons. The molecule has 2 unspecified atom stereocenters. The van der Waals surface area contributed by atoms with Gasteiger partial charge < -0.3 is 29.8 Å². The number of carbonyl (C=O) groups is 1. The number of aliphatic hydroxyl groups excluding tert-OH is 2. The summed E-state index contributed by atoms with van der Waals surface area (Å²) in [6, 6.07) is 3.17. The fourth-order valence-electron chi connectivity index (χ4n) is 4.91. The third-order valence-corrected chi connectivity index (χ3v) is 6.96. The van der Waals surface area contributed by atoms with E-state index in [1.807, 2.05) is 0 Å². The van der Waals surface area contributed by atoms with Crippen molar-refractivity contribution in [3.63, 3.8) is 0 Å². The van der Waals surface area contributed by atoms with Crippen molar-refractivity contribution in [2.24, 2.45) is 11.3 Å². The Hall–Kier alpha value is -4.00.